The quantitative estimate of drug-likeness (QED) is 0.749. The van der Waals surface area contributed by atoms with Crippen LogP contribution in [0.15, 0.2) is 15.5 Å². The maximum absolute atomic E-state index is 11.2. The van der Waals surface area contributed by atoms with Crippen molar-refractivity contribution in [1.82, 2.24) is 10.2 Å². The van der Waals surface area contributed by atoms with Crippen LogP contribution in [-0.4, -0.2) is 22.1 Å². The van der Waals surface area contributed by atoms with Crippen molar-refractivity contribution in [2.24, 2.45) is 11.7 Å². The number of nitrogens with two attached hydrogens (primary N) is 1. The van der Waals surface area contributed by atoms with Crippen molar-refractivity contribution in [3.05, 3.63) is 21.0 Å². The number of halogens is 1. The SMILES string of the molecule is CC(C)C(Nc1cn[nH]c(=O)c1Br)C(N)=O. The van der Waals surface area contributed by atoms with Crippen LogP contribution in [0, 0.1) is 5.92 Å². The summed E-state index contributed by atoms with van der Waals surface area (Å²) in [5.41, 5.74) is 5.33. The van der Waals surface area contributed by atoms with Gasteiger partial charge in [-0.1, -0.05) is 13.8 Å². The molecular formula is C9H13BrN4O2. The van der Waals surface area contributed by atoms with E-state index in [0.717, 1.165) is 0 Å². The highest BCUT2D eigenvalue weighted by Gasteiger charge is 2.20. The zero-order valence-electron chi connectivity index (χ0n) is 8.95. The topological polar surface area (TPSA) is 101 Å². The first-order valence-electron chi connectivity index (χ1n) is 4.72. The highest BCUT2D eigenvalue weighted by molar-refractivity contribution is 9.10. The summed E-state index contributed by atoms with van der Waals surface area (Å²) in [5, 5.41) is 8.78. The van der Waals surface area contributed by atoms with E-state index in [-0.39, 0.29) is 11.5 Å². The summed E-state index contributed by atoms with van der Waals surface area (Å²) in [6.45, 7) is 3.72. The Morgan fingerprint density at radius 1 is 1.62 bits per heavy atom. The monoisotopic (exact) mass is 288 g/mol. The first kappa shape index (κ1) is 12.7. The van der Waals surface area contributed by atoms with Crippen LogP contribution in [-0.2, 0) is 4.79 Å². The molecule has 0 aliphatic carbocycles. The van der Waals surface area contributed by atoms with Gasteiger partial charge in [0.25, 0.3) is 5.56 Å². The third-order valence-corrected chi connectivity index (χ3v) is 2.87. The molecule has 0 aliphatic rings. The van der Waals surface area contributed by atoms with Crippen LogP contribution in [0.3, 0.4) is 0 Å². The molecule has 16 heavy (non-hydrogen) atoms. The number of primary amides is 1. The second-order valence-electron chi connectivity index (χ2n) is 3.70. The Labute approximate surface area is 101 Å². The molecule has 0 bridgehead atoms. The molecule has 1 aromatic heterocycles. The van der Waals surface area contributed by atoms with E-state index in [9.17, 15) is 9.59 Å². The molecule has 0 aliphatic heterocycles. The van der Waals surface area contributed by atoms with E-state index in [1.54, 1.807) is 0 Å². The Morgan fingerprint density at radius 3 is 2.75 bits per heavy atom. The Morgan fingerprint density at radius 2 is 2.25 bits per heavy atom. The molecule has 1 unspecified atom stereocenters. The summed E-state index contributed by atoms with van der Waals surface area (Å²) in [5.74, 6) is -0.453. The van der Waals surface area contributed by atoms with Gasteiger partial charge in [-0.3, -0.25) is 9.59 Å². The number of hydrogen-bond donors (Lipinski definition) is 3. The molecule has 7 heteroatoms. The van der Waals surface area contributed by atoms with Crippen LogP contribution in [0.5, 0.6) is 0 Å². The van der Waals surface area contributed by atoms with Gasteiger partial charge in [-0.15, -0.1) is 0 Å². The Hall–Kier alpha value is -1.37. The number of hydrogen-bond acceptors (Lipinski definition) is 4. The number of carbonyl (C=O) groups excluding carboxylic acids is 1. The molecule has 0 saturated carbocycles. The van der Waals surface area contributed by atoms with Crippen LogP contribution in [0.4, 0.5) is 5.69 Å². The van der Waals surface area contributed by atoms with Crippen molar-refractivity contribution in [2.75, 3.05) is 5.32 Å². The maximum Gasteiger partial charge on any atom is 0.280 e. The molecule has 0 spiro atoms. The summed E-state index contributed by atoms with van der Waals surface area (Å²) in [7, 11) is 0. The third-order valence-electron chi connectivity index (χ3n) is 2.08. The van der Waals surface area contributed by atoms with Gasteiger partial charge in [0.05, 0.1) is 11.9 Å². The molecule has 0 saturated heterocycles. The molecular weight excluding hydrogens is 276 g/mol. The molecule has 4 N–H and O–H groups in total. The summed E-state index contributed by atoms with van der Waals surface area (Å²) < 4.78 is 0.300. The van der Waals surface area contributed by atoms with Crippen LogP contribution in [0.2, 0.25) is 0 Å². The van der Waals surface area contributed by atoms with E-state index in [1.165, 1.54) is 6.20 Å². The maximum atomic E-state index is 11.2. The number of anilines is 1. The van der Waals surface area contributed by atoms with Crippen molar-refractivity contribution < 1.29 is 4.79 Å². The fourth-order valence-corrected chi connectivity index (χ4v) is 1.52. The van der Waals surface area contributed by atoms with Crippen molar-refractivity contribution in [1.29, 1.82) is 0 Å². The molecule has 0 aromatic carbocycles. The lowest BCUT2D eigenvalue weighted by Gasteiger charge is -2.20. The zero-order valence-corrected chi connectivity index (χ0v) is 10.5. The Bertz CT molecular complexity index is 443. The van der Waals surface area contributed by atoms with Crippen molar-refractivity contribution >= 4 is 27.5 Å². The van der Waals surface area contributed by atoms with Gasteiger partial charge in [-0.2, -0.15) is 5.10 Å². The number of H-pyrrole nitrogens is 1. The standard InChI is InChI=1S/C9H13BrN4O2/c1-4(2)7(8(11)15)13-5-3-12-14-9(16)6(5)10/h3-4,7H,1-2H3,(H2,11,15)(H2,13,14,16). The molecule has 1 amide bonds. The fraction of sp³-hybridized carbons (Fsp3) is 0.444. The van der Waals surface area contributed by atoms with Gasteiger partial charge >= 0.3 is 0 Å². The van der Waals surface area contributed by atoms with E-state index in [2.05, 4.69) is 31.4 Å². The van der Waals surface area contributed by atoms with Gasteiger partial charge in [0.15, 0.2) is 0 Å². The number of carbonyl (C=O) groups is 1. The lowest BCUT2D eigenvalue weighted by atomic mass is 10.0. The van der Waals surface area contributed by atoms with Crippen molar-refractivity contribution in [3.63, 3.8) is 0 Å². The molecule has 1 aromatic rings. The smallest absolute Gasteiger partial charge is 0.280 e. The first-order valence-corrected chi connectivity index (χ1v) is 5.51. The van der Waals surface area contributed by atoms with Crippen LogP contribution < -0.4 is 16.6 Å². The number of aromatic amines is 1. The van der Waals surface area contributed by atoms with Crippen LogP contribution >= 0.6 is 15.9 Å². The molecule has 1 atom stereocenters. The zero-order chi connectivity index (χ0) is 12.3. The molecule has 0 radical (unpaired) electrons. The summed E-state index contributed by atoms with van der Waals surface area (Å²) in [6.07, 6.45) is 1.42. The predicted molar refractivity (Wildman–Crippen MR) is 64.0 cm³/mol. The van der Waals surface area contributed by atoms with E-state index in [4.69, 9.17) is 5.73 Å². The third kappa shape index (κ3) is 2.82. The molecule has 1 rings (SSSR count). The van der Waals surface area contributed by atoms with Crippen LogP contribution in [0.1, 0.15) is 13.8 Å². The molecule has 6 nitrogen and oxygen atoms in total. The second kappa shape index (κ2) is 5.11. The first-order chi connectivity index (χ1) is 7.43. The summed E-state index contributed by atoms with van der Waals surface area (Å²) >= 11 is 3.11. The van der Waals surface area contributed by atoms with Gasteiger partial charge in [-0.25, -0.2) is 5.10 Å². The number of nitrogens with zero attached hydrogens (tertiary/aromatic N) is 1. The lowest BCUT2D eigenvalue weighted by Crippen LogP contribution is -2.40. The van der Waals surface area contributed by atoms with Gasteiger partial charge in [-0.05, 0) is 21.8 Å². The minimum atomic E-state index is -0.542. The predicted octanol–water partition coefficient (Wildman–Crippen LogP) is 0.454. The highest BCUT2D eigenvalue weighted by atomic mass is 79.9. The van der Waals surface area contributed by atoms with Gasteiger partial charge in [0, 0.05) is 0 Å². The minimum absolute atomic E-state index is 0.0173. The molecule has 1 heterocycles. The largest absolute Gasteiger partial charge is 0.371 e. The highest BCUT2D eigenvalue weighted by Crippen LogP contribution is 2.18. The molecule has 88 valence electrons. The van der Waals surface area contributed by atoms with E-state index < -0.39 is 11.9 Å². The van der Waals surface area contributed by atoms with Gasteiger partial charge in [0.2, 0.25) is 5.91 Å². The van der Waals surface area contributed by atoms with Crippen molar-refractivity contribution in [2.45, 2.75) is 19.9 Å². The van der Waals surface area contributed by atoms with Gasteiger partial charge < -0.3 is 11.1 Å². The normalized spacial score (nSPS) is 12.5. The number of amides is 1. The van der Waals surface area contributed by atoms with E-state index in [0.29, 0.717) is 10.2 Å². The van der Waals surface area contributed by atoms with E-state index in [1.807, 2.05) is 13.8 Å². The van der Waals surface area contributed by atoms with E-state index >= 15 is 0 Å². The lowest BCUT2D eigenvalue weighted by molar-refractivity contribution is -0.119. The summed E-state index contributed by atoms with van der Waals surface area (Å²) in [6, 6.07) is -0.542. The average molecular weight is 289 g/mol. The minimum Gasteiger partial charge on any atom is -0.371 e. The molecule has 0 fully saturated rings. The number of aromatic nitrogens is 2. The summed E-state index contributed by atoms with van der Waals surface area (Å²) in [4.78, 5) is 22.4. The number of rotatable bonds is 4. The average Bonchev–Trinajstić information content (AvgIpc) is 2.19. The Kier molecular flexibility index (Phi) is 4.05. The second-order valence-corrected chi connectivity index (χ2v) is 4.49. The fourth-order valence-electron chi connectivity index (χ4n) is 1.22. The van der Waals surface area contributed by atoms with Gasteiger partial charge in [0.1, 0.15) is 10.5 Å². The number of nitrogens with one attached hydrogen (secondary N) is 2. The Balaban J connectivity index is 2.99. The van der Waals surface area contributed by atoms with Crippen LogP contribution in [0.25, 0.3) is 0 Å². The van der Waals surface area contributed by atoms with Crippen molar-refractivity contribution in [3.8, 4) is 0 Å².